The lowest BCUT2D eigenvalue weighted by molar-refractivity contribution is -0.136. The Morgan fingerprint density at radius 3 is 2.89 bits per heavy atom. The third kappa shape index (κ3) is 4.62. The number of carbonyl (C=O) groups is 4. The van der Waals surface area contributed by atoms with Crippen molar-refractivity contribution in [2.45, 2.75) is 70.8 Å². The largest absolute Gasteiger partial charge is 0.443 e. The molecule has 1 unspecified atom stereocenters. The second kappa shape index (κ2) is 9.47. The SMILES string of the molecule is O=C1CCC(N2Cc3ccc(CNC(=O)OCc4cc5n(n4)CCCCC5)c(F)c3C2=O)C(=O)N1. The number of aryl methyl sites for hydroxylation is 2. The summed E-state index contributed by atoms with van der Waals surface area (Å²) in [7, 11) is 0. The standard InChI is InChI=1S/C24H26FN5O5/c25-21-14(11-26-24(34)35-13-16-10-17-4-2-1-3-9-30(17)28-16)5-6-15-12-29(23(33)20(15)21)18-7-8-19(31)27-22(18)32/h5-6,10,18H,1-4,7-9,11-13H2,(H,26,34)(H,27,31,32). The zero-order chi connectivity index (χ0) is 24.5. The van der Waals surface area contributed by atoms with Crippen molar-refractivity contribution in [3.8, 4) is 0 Å². The van der Waals surface area contributed by atoms with Crippen LogP contribution in [0.25, 0.3) is 0 Å². The van der Waals surface area contributed by atoms with Crippen molar-refractivity contribution in [1.29, 1.82) is 0 Å². The second-order valence-electron chi connectivity index (χ2n) is 9.06. The van der Waals surface area contributed by atoms with E-state index >= 15 is 4.39 Å². The van der Waals surface area contributed by atoms with Gasteiger partial charge in [-0.1, -0.05) is 18.6 Å². The normalized spacial score (nSPS) is 19.6. The van der Waals surface area contributed by atoms with Crippen LogP contribution in [-0.2, 0) is 47.0 Å². The second-order valence-corrected chi connectivity index (χ2v) is 9.06. The molecule has 1 fully saturated rings. The number of imide groups is 1. The van der Waals surface area contributed by atoms with Gasteiger partial charge in [-0.15, -0.1) is 0 Å². The molecule has 0 spiro atoms. The van der Waals surface area contributed by atoms with Gasteiger partial charge in [-0.25, -0.2) is 9.18 Å². The Kier molecular flexibility index (Phi) is 6.23. The molecule has 5 rings (SSSR count). The fraction of sp³-hybridized carbons (Fsp3) is 0.458. The van der Waals surface area contributed by atoms with E-state index < -0.39 is 29.8 Å². The topological polar surface area (TPSA) is 123 Å². The number of hydrogen-bond donors (Lipinski definition) is 2. The molecule has 1 aromatic carbocycles. The summed E-state index contributed by atoms with van der Waals surface area (Å²) in [4.78, 5) is 49.9. The van der Waals surface area contributed by atoms with Crippen LogP contribution in [0.5, 0.6) is 0 Å². The van der Waals surface area contributed by atoms with Crippen LogP contribution in [0, 0.1) is 5.82 Å². The predicted octanol–water partition coefficient (Wildman–Crippen LogP) is 1.94. The first-order valence-electron chi connectivity index (χ1n) is 11.8. The number of piperidine rings is 1. The molecule has 11 heteroatoms. The van der Waals surface area contributed by atoms with Crippen LogP contribution in [0.1, 0.15) is 65.0 Å². The fourth-order valence-corrected chi connectivity index (χ4v) is 4.87. The van der Waals surface area contributed by atoms with Crippen LogP contribution in [0.15, 0.2) is 18.2 Å². The minimum absolute atomic E-state index is 0.0118. The van der Waals surface area contributed by atoms with E-state index in [1.165, 1.54) is 17.4 Å². The number of carbonyl (C=O) groups excluding carboxylic acids is 4. The van der Waals surface area contributed by atoms with E-state index in [4.69, 9.17) is 4.74 Å². The van der Waals surface area contributed by atoms with Crippen molar-refractivity contribution in [1.82, 2.24) is 25.3 Å². The number of fused-ring (bicyclic) bond motifs is 2. The molecule has 3 aliphatic heterocycles. The van der Waals surface area contributed by atoms with E-state index in [9.17, 15) is 19.2 Å². The zero-order valence-electron chi connectivity index (χ0n) is 19.1. The molecule has 0 radical (unpaired) electrons. The van der Waals surface area contributed by atoms with Gasteiger partial charge in [0.05, 0.1) is 5.56 Å². The first-order valence-corrected chi connectivity index (χ1v) is 11.8. The molecule has 184 valence electrons. The van der Waals surface area contributed by atoms with E-state index in [2.05, 4.69) is 15.7 Å². The van der Waals surface area contributed by atoms with Gasteiger partial charge < -0.3 is 15.0 Å². The van der Waals surface area contributed by atoms with Crippen molar-refractivity contribution < 1.29 is 28.3 Å². The van der Waals surface area contributed by atoms with E-state index in [0.717, 1.165) is 31.5 Å². The number of nitrogens with zero attached hydrogens (tertiary/aromatic N) is 3. The molecule has 0 saturated carbocycles. The van der Waals surface area contributed by atoms with Crippen molar-refractivity contribution in [3.05, 3.63) is 52.1 Å². The molecule has 10 nitrogen and oxygen atoms in total. The molecule has 2 aromatic rings. The average molecular weight is 484 g/mol. The van der Waals surface area contributed by atoms with Gasteiger partial charge >= 0.3 is 6.09 Å². The smallest absolute Gasteiger partial charge is 0.407 e. The Bertz CT molecular complexity index is 1190. The molecule has 1 aromatic heterocycles. The molecule has 35 heavy (non-hydrogen) atoms. The maximum atomic E-state index is 15.2. The third-order valence-corrected chi connectivity index (χ3v) is 6.70. The van der Waals surface area contributed by atoms with Crippen molar-refractivity contribution in [3.63, 3.8) is 0 Å². The minimum Gasteiger partial charge on any atom is -0.443 e. The Morgan fingerprint density at radius 2 is 2.06 bits per heavy atom. The van der Waals surface area contributed by atoms with Crippen LogP contribution in [0.3, 0.4) is 0 Å². The summed E-state index contributed by atoms with van der Waals surface area (Å²) in [6.45, 7) is 0.793. The van der Waals surface area contributed by atoms with Gasteiger partial charge in [0.2, 0.25) is 11.8 Å². The number of aromatic nitrogens is 2. The van der Waals surface area contributed by atoms with Gasteiger partial charge in [0, 0.05) is 37.3 Å². The van der Waals surface area contributed by atoms with E-state index in [1.807, 2.05) is 10.7 Å². The summed E-state index contributed by atoms with van der Waals surface area (Å²) < 4.78 is 22.4. The van der Waals surface area contributed by atoms with Gasteiger partial charge in [-0.3, -0.25) is 24.4 Å². The highest BCUT2D eigenvalue weighted by atomic mass is 19.1. The van der Waals surface area contributed by atoms with Crippen molar-refractivity contribution >= 4 is 23.8 Å². The number of ether oxygens (including phenoxy) is 1. The molecule has 1 atom stereocenters. The Labute approximate surface area is 200 Å². The van der Waals surface area contributed by atoms with Crippen LogP contribution >= 0.6 is 0 Å². The number of nitrogens with one attached hydrogen (secondary N) is 2. The van der Waals surface area contributed by atoms with Gasteiger partial charge in [-0.05, 0) is 37.3 Å². The number of alkyl carbamates (subject to hydrolysis) is 1. The Morgan fingerprint density at radius 1 is 1.20 bits per heavy atom. The molecular formula is C24H26FN5O5. The monoisotopic (exact) mass is 483 g/mol. The quantitative estimate of drug-likeness (QED) is 0.627. The number of hydrogen-bond acceptors (Lipinski definition) is 6. The number of benzene rings is 1. The first kappa shape index (κ1) is 23.0. The Hall–Kier alpha value is -3.76. The van der Waals surface area contributed by atoms with E-state index in [-0.39, 0.29) is 49.6 Å². The number of rotatable bonds is 5. The van der Waals surface area contributed by atoms with E-state index in [0.29, 0.717) is 11.3 Å². The molecule has 1 saturated heterocycles. The zero-order valence-corrected chi connectivity index (χ0v) is 19.1. The van der Waals surface area contributed by atoms with Crippen LogP contribution < -0.4 is 10.6 Å². The maximum absolute atomic E-state index is 15.2. The van der Waals surface area contributed by atoms with Gasteiger partial charge in [0.25, 0.3) is 5.91 Å². The lowest BCUT2D eigenvalue weighted by atomic mass is 10.0. The van der Waals surface area contributed by atoms with Crippen molar-refractivity contribution in [2.75, 3.05) is 0 Å². The summed E-state index contributed by atoms with van der Waals surface area (Å²) in [5.74, 6) is -2.28. The molecule has 0 bridgehead atoms. The minimum atomic E-state index is -0.818. The maximum Gasteiger partial charge on any atom is 0.407 e. The molecule has 0 aliphatic carbocycles. The lowest BCUT2D eigenvalue weighted by Crippen LogP contribution is -2.52. The molecule has 4 heterocycles. The van der Waals surface area contributed by atoms with Gasteiger partial charge in [0.15, 0.2) is 0 Å². The molecule has 3 aliphatic rings. The molecule has 4 amide bonds. The van der Waals surface area contributed by atoms with Gasteiger partial charge in [0.1, 0.15) is 24.2 Å². The molecule has 2 N–H and O–H groups in total. The highest BCUT2D eigenvalue weighted by molar-refractivity contribution is 6.05. The summed E-state index contributed by atoms with van der Waals surface area (Å²) >= 11 is 0. The highest BCUT2D eigenvalue weighted by Crippen LogP contribution is 2.30. The summed E-state index contributed by atoms with van der Waals surface area (Å²) in [6, 6.07) is 4.24. The van der Waals surface area contributed by atoms with E-state index in [1.54, 1.807) is 6.07 Å². The summed E-state index contributed by atoms with van der Waals surface area (Å²) in [6.07, 6.45) is 3.93. The lowest BCUT2D eigenvalue weighted by Gasteiger charge is -2.29. The van der Waals surface area contributed by atoms with Crippen LogP contribution in [0.2, 0.25) is 0 Å². The highest BCUT2D eigenvalue weighted by Gasteiger charge is 2.40. The molecular weight excluding hydrogens is 457 g/mol. The third-order valence-electron chi connectivity index (χ3n) is 6.70. The van der Waals surface area contributed by atoms with Crippen LogP contribution in [0.4, 0.5) is 9.18 Å². The summed E-state index contributed by atoms with van der Waals surface area (Å²) in [5.41, 5.74) is 2.29. The van der Waals surface area contributed by atoms with Gasteiger partial charge in [-0.2, -0.15) is 5.10 Å². The summed E-state index contributed by atoms with van der Waals surface area (Å²) in [5, 5.41) is 9.21. The van der Waals surface area contributed by atoms with Crippen LogP contribution in [-0.4, -0.2) is 44.5 Å². The number of amides is 4. The number of halogens is 1. The fourth-order valence-electron chi connectivity index (χ4n) is 4.87. The first-order chi connectivity index (χ1) is 16.9. The average Bonchev–Trinajstić information content (AvgIpc) is 3.30. The van der Waals surface area contributed by atoms with Crippen molar-refractivity contribution in [2.24, 2.45) is 0 Å². The Balaban J connectivity index is 1.18. The predicted molar refractivity (Wildman–Crippen MR) is 119 cm³/mol.